The fourth-order valence-corrected chi connectivity index (χ4v) is 6.73. The van der Waals surface area contributed by atoms with E-state index in [9.17, 15) is 4.57 Å². The van der Waals surface area contributed by atoms with Crippen molar-refractivity contribution < 1.29 is 23.0 Å². The Labute approximate surface area is 217 Å². The Morgan fingerprint density at radius 3 is 1.92 bits per heavy atom. The molecule has 2 aromatic rings. The normalized spacial score (nSPS) is 14.5. The van der Waals surface area contributed by atoms with Gasteiger partial charge in [-0.3, -0.25) is 9.40 Å². The minimum Gasteiger partial charge on any atom is -0.308 e. The van der Waals surface area contributed by atoms with Gasteiger partial charge in [0.15, 0.2) is 18.9 Å². The maximum atomic E-state index is 14.0. The molecule has 0 fully saturated rings. The summed E-state index contributed by atoms with van der Waals surface area (Å²) in [4.78, 5) is 6.57. The molecule has 0 radical (unpaired) electrons. The van der Waals surface area contributed by atoms with Crippen molar-refractivity contribution in [2.75, 3.05) is 13.2 Å². The van der Waals surface area contributed by atoms with Gasteiger partial charge in [-0.2, -0.15) is 10.3 Å². The molecule has 2 atom stereocenters. The molecule has 0 aliphatic heterocycles. The first-order valence-electron chi connectivity index (χ1n) is 12.6. The predicted octanol–water partition coefficient (Wildman–Crippen LogP) is 6.63. The monoisotopic (exact) mass is 516 g/mol. The highest BCUT2D eigenvalue weighted by molar-refractivity contribution is 7.54. The smallest absolute Gasteiger partial charge is 0.308 e. The minimum atomic E-state index is -3.53. The van der Waals surface area contributed by atoms with Crippen LogP contribution in [0, 0.1) is 16.7 Å². The number of nitrogens with zero attached hydrogens (tertiary/aromatic N) is 3. The fourth-order valence-electron chi connectivity index (χ4n) is 4.05. The molecule has 36 heavy (non-hydrogen) atoms. The summed E-state index contributed by atoms with van der Waals surface area (Å²) in [5.41, 5.74) is 1.84. The van der Waals surface area contributed by atoms with E-state index in [1.807, 2.05) is 116 Å². The first-order chi connectivity index (χ1) is 16.7. The summed E-state index contributed by atoms with van der Waals surface area (Å²) in [6, 6.07) is 13.8. The minimum absolute atomic E-state index is 0.287. The van der Waals surface area contributed by atoms with Crippen LogP contribution in [0.1, 0.15) is 85.1 Å². The highest BCUT2D eigenvalue weighted by Gasteiger charge is 2.51. The van der Waals surface area contributed by atoms with Crippen molar-refractivity contribution in [3.8, 4) is 6.07 Å². The molecule has 1 aromatic heterocycles. The zero-order valence-corrected chi connectivity index (χ0v) is 24.2. The zero-order chi connectivity index (χ0) is 27.1. The third-order valence-corrected chi connectivity index (χ3v) is 8.50. The van der Waals surface area contributed by atoms with Crippen LogP contribution in [0.4, 0.5) is 0 Å². The Morgan fingerprint density at radius 2 is 1.50 bits per heavy atom. The lowest BCUT2D eigenvalue weighted by Gasteiger charge is -2.48. The van der Waals surface area contributed by atoms with E-state index in [1.165, 1.54) is 0 Å². The van der Waals surface area contributed by atoms with Crippen molar-refractivity contribution in [1.29, 1.82) is 5.26 Å². The largest absolute Gasteiger partial charge is 0.350 e. The van der Waals surface area contributed by atoms with Gasteiger partial charge in [0.05, 0.1) is 24.8 Å². The van der Waals surface area contributed by atoms with Crippen molar-refractivity contribution in [1.82, 2.24) is 5.06 Å². The molecule has 198 valence electrons. The van der Waals surface area contributed by atoms with E-state index in [0.29, 0.717) is 12.1 Å². The standard InChI is InChI=1S/C28H43N3O4P/c1-10-33-36(32,34-11-2)26(27(4,5)6)31(28(7,8)9)35-22(3)25-16-18-30(19-17-25)21-24-14-12-23(20-29)13-15-24/h12-19,22,26H,10-11,21H2,1-9H3/q+1. The van der Waals surface area contributed by atoms with Gasteiger partial charge in [-0.25, -0.2) is 4.57 Å². The SMILES string of the molecule is CCOP(=O)(OCC)C(N(OC(C)c1cc[n+](Cc2ccc(C#N)cc2)cc1)C(C)(C)C)C(C)(C)C. The van der Waals surface area contributed by atoms with Crippen molar-refractivity contribution in [2.24, 2.45) is 5.41 Å². The third-order valence-electron chi connectivity index (χ3n) is 5.68. The molecule has 0 spiro atoms. The number of hydroxylamine groups is 2. The number of hydrogen-bond acceptors (Lipinski definition) is 6. The van der Waals surface area contributed by atoms with E-state index in [4.69, 9.17) is 19.1 Å². The molecule has 2 rings (SSSR count). The van der Waals surface area contributed by atoms with Crippen LogP contribution in [-0.4, -0.2) is 29.6 Å². The summed E-state index contributed by atoms with van der Waals surface area (Å²) in [5, 5.41) is 10.8. The Morgan fingerprint density at radius 1 is 0.972 bits per heavy atom. The molecule has 0 N–H and O–H groups in total. The van der Waals surface area contributed by atoms with Gasteiger partial charge >= 0.3 is 7.60 Å². The van der Waals surface area contributed by atoms with E-state index in [0.717, 1.165) is 11.1 Å². The number of rotatable bonds is 11. The molecule has 0 bridgehead atoms. The molecule has 1 heterocycles. The van der Waals surface area contributed by atoms with Gasteiger partial charge in [0.2, 0.25) is 0 Å². The second-order valence-corrected chi connectivity index (χ2v) is 13.1. The highest BCUT2D eigenvalue weighted by Crippen LogP contribution is 2.61. The lowest BCUT2D eigenvalue weighted by Crippen LogP contribution is -2.53. The molecule has 0 amide bonds. The van der Waals surface area contributed by atoms with Crippen LogP contribution in [0.25, 0.3) is 0 Å². The lowest BCUT2D eigenvalue weighted by atomic mass is 9.94. The van der Waals surface area contributed by atoms with Crippen molar-refractivity contribution in [3.05, 3.63) is 65.5 Å². The maximum Gasteiger partial charge on any atom is 0.350 e. The summed E-state index contributed by atoms with van der Waals surface area (Å²) < 4.78 is 27.7. The lowest BCUT2D eigenvalue weighted by molar-refractivity contribution is -0.688. The topological polar surface area (TPSA) is 75.7 Å². The number of pyridine rings is 1. The summed E-state index contributed by atoms with van der Waals surface area (Å²) in [6.07, 6.45) is 3.73. The Hall–Kier alpha value is -2.07. The average molecular weight is 517 g/mol. The van der Waals surface area contributed by atoms with Gasteiger partial charge in [-0.15, -0.1) is 0 Å². The second kappa shape index (κ2) is 12.4. The van der Waals surface area contributed by atoms with E-state index in [2.05, 4.69) is 10.6 Å². The average Bonchev–Trinajstić information content (AvgIpc) is 2.78. The van der Waals surface area contributed by atoms with Gasteiger partial charge < -0.3 is 9.05 Å². The van der Waals surface area contributed by atoms with Gasteiger partial charge in [0, 0.05) is 23.2 Å². The maximum absolute atomic E-state index is 14.0. The van der Waals surface area contributed by atoms with E-state index in [-0.39, 0.29) is 19.3 Å². The van der Waals surface area contributed by atoms with Crippen LogP contribution in [-0.2, 0) is 25.0 Å². The number of aromatic nitrogens is 1. The quantitative estimate of drug-likeness (QED) is 0.190. The van der Waals surface area contributed by atoms with Gasteiger partial charge in [0.1, 0.15) is 11.9 Å². The number of benzene rings is 1. The van der Waals surface area contributed by atoms with Crippen molar-refractivity contribution >= 4 is 7.60 Å². The molecule has 2 unspecified atom stereocenters. The molecular weight excluding hydrogens is 473 g/mol. The summed E-state index contributed by atoms with van der Waals surface area (Å²) in [5.74, 6) is -0.614. The third kappa shape index (κ3) is 7.96. The molecule has 1 aromatic carbocycles. The van der Waals surface area contributed by atoms with E-state index >= 15 is 0 Å². The summed E-state index contributed by atoms with van der Waals surface area (Å²) in [6.45, 7) is 19.1. The van der Waals surface area contributed by atoms with Crippen LogP contribution < -0.4 is 4.57 Å². The van der Waals surface area contributed by atoms with Crippen molar-refractivity contribution in [2.45, 2.75) is 86.3 Å². The van der Waals surface area contributed by atoms with Crippen LogP contribution in [0.15, 0.2) is 48.8 Å². The summed E-state index contributed by atoms with van der Waals surface area (Å²) in [7, 11) is -3.53. The number of hydrogen-bond donors (Lipinski definition) is 0. The molecule has 0 aliphatic rings. The fraction of sp³-hybridized carbons (Fsp3) is 0.571. The Bertz CT molecular complexity index is 1040. The molecular formula is C28H43N3O4P+. The molecule has 0 saturated heterocycles. The van der Waals surface area contributed by atoms with Crippen molar-refractivity contribution in [3.63, 3.8) is 0 Å². The molecule has 7 nitrogen and oxygen atoms in total. The van der Waals surface area contributed by atoms with Gasteiger partial charge in [0.25, 0.3) is 0 Å². The Kier molecular flexibility index (Phi) is 10.4. The van der Waals surface area contributed by atoms with Gasteiger partial charge in [-0.05, 0) is 64.7 Å². The summed E-state index contributed by atoms with van der Waals surface area (Å²) >= 11 is 0. The number of nitriles is 1. The van der Waals surface area contributed by atoms with E-state index in [1.54, 1.807) is 0 Å². The van der Waals surface area contributed by atoms with Crippen LogP contribution in [0.3, 0.4) is 0 Å². The second-order valence-electron chi connectivity index (χ2n) is 11.0. The highest BCUT2D eigenvalue weighted by atomic mass is 31.2. The van der Waals surface area contributed by atoms with Gasteiger partial charge in [-0.1, -0.05) is 32.9 Å². The van der Waals surface area contributed by atoms with Crippen LogP contribution >= 0.6 is 7.60 Å². The zero-order valence-electron chi connectivity index (χ0n) is 23.3. The molecule has 0 aliphatic carbocycles. The molecule has 0 saturated carbocycles. The first-order valence-corrected chi connectivity index (χ1v) is 14.2. The van der Waals surface area contributed by atoms with Crippen LogP contribution in [0.5, 0.6) is 0 Å². The van der Waals surface area contributed by atoms with Crippen LogP contribution in [0.2, 0.25) is 0 Å². The first kappa shape index (κ1) is 30.2. The predicted molar refractivity (Wildman–Crippen MR) is 142 cm³/mol. The van der Waals surface area contributed by atoms with E-state index < -0.39 is 24.3 Å². The molecule has 8 heteroatoms. The Balaban J connectivity index is 2.31.